The molecule has 1 aromatic rings. The van der Waals surface area contributed by atoms with E-state index in [-0.39, 0.29) is 0 Å². The van der Waals surface area contributed by atoms with Crippen LogP contribution in [0.15, 0.2) is 18.5 Å². The Morgan fingerprint density at radius 3 is 2.57 bits per heavy atom. The predicted molar refractivity (Wildman–Crippen MR) is 59.9 cm³/mol. The van der Waals surface area contributed by atoms with Crippen LogP contribution in [0.25, 0.3) is 0 Å². The molecule has 14 heavy (non-hydrogen) atoms. The van der Waals surface area contributed by atoms with Crippen LogP contribution in [-0.4, -0.2) is 28.9 Å². The van der Waals surface area contributed by atoms with Crippen molar-refractivity contribution in [2.24, 2.45) is 0 Å². The van der Waals surface area contributed by atoms with Crippen LogP contribution >= 0.6 is 11.6 Å². The van der Waals surface area contributed by atoms with E-state index in [0.717, 1.165) is 25.5 Å². The molecule has 0 radical (unpaired) electrons. The molecule has 0 N–H and O–H groups in total. The molecule has 0 spiro atoms. The maximum Gasteiger partial charge on any atom is 0.225 e. The second-order valence-electron chi connectivity index (χ2n) is 3.08. The van der Waals surface area contributed by atoms with Crippen molar-refractivity contribution in [2.75, 3.05) is 23.9 Å². The maximum absolute atomic E-state index is 5.73. The third-order valence-corrected chi connectivity index (χ3v) is 2.14. The van der Waals surface area contributed by atoms with E-state index in [9.17, 15) is 0 Å². The van der Waals surface area contributed by atoms with Crippen molar-refractivity contribution in [3.63, 3.8) is 0 Å². The Morgan fingerprint density at radius 1 is 1.29 bits per heavy atom. The molecule has 0 unspecified atom stereocenters. The van der Waals surface area contributed by atoms with E-state index in [0.29, 0.717) is 5.88 Å². The van der Waals surface area contributed by atoms with Gasteiger partial charge >= 0.3 is 0 Å². The Bertz CT molecular complexity index is 240. The average Bonchev–Trinajstić information content (AvgIpc) is 2.25. The van der Waals surface area contributed by atoms with Gasteiger partial charge in [-0.15, -0.1) is 11.6 Å². The summed E-state index contributed by atoms with van der Waals surface area (Å²) in [4.78, 5) is 10.5. The first-order valence-electron chi connectivity index (χ1n) is 4.96. The largest absolute Gasteiger partial charge is 0.340 e. The highest BCUT2D eigenvalue weighted by Crippen LogP contribution is 2.06. The van der Waals surface area contributed by atoms with Gasteiger partial charge in [-0.25, -0.2) is 9.97 Å². The van der Waals surface area contributed by atoms with Gasteiger partial charge in [0.1, 0.15) is 0 Å². The van der Waals surface area contributed by atoms with Crippen molar-refractivity contribution >= 4 is 17.5 Å². The summed E-state index contributed by atoms with van der Waals surface area (Å²) in [5, 5.41) is 0. The van der Waals surface area contributed by atoms with Crippen molar-refractivity contribution in [1.82, 2.24) is 9.97 Å². The molecule has 0 aliphatic heterocycles. The minimum Gasteiger partial charge on any atom is -0.340 e. The molecular weight excluding hydrogens is 198 g/mol. The summed E-state index contributed by atoms with van der Waals surface area (Å²) in [6.07, 6.45) is 5.84. The maximum atomic E-state index is 5.73. The number of anilines is 1. The van der Waals surface area contributed by atoms with E-state index in [1.807, 2.05) is 6.07 Å². The van der Waals surface area contributed by atoms with Crippen LogP contribution in [0.3, 0.4) is 0 Å². The zero-order valence-electron chi connectivity index (χ0n) is 8.49. The molecule has 1 aromatic heterocycles. The first kappa shape index (κ1) is 11.2. The van der Waals surface area contributed by atoms with E-state index >= 15 is 0 Å². The van der Waals surface area contributed by atoms with E-state index in [1.54, 1.807) is 12.4 Å². The molecule has 0 bridgehead atoms. The zero-order valence-corrected chi connectivity index (χ0v) is 9.24. The van der Waals surface area contributed by atoms with Gasteiger partial charge in [-0.05, 0) is 12.5 Å². The molecule has 4 heteroatoms. The molecule has 0 aliphatic carbocycles. The van der Waals surface area contributed by atoms with E-state index in [1.165, 1.54) is 6.42 Å². The summed E-state index contributed by atoms with van der Waals surface area (Å²) >= 11 is 5.73. The second kappa shape index (κ2) is 6.60. The molecule has 0 fully saturated rings. The molecular formula is C10H16ClN3. The summed E-state index contributed by atoms with van der Waals surface area (Å²) < 4.78 is 0. The number of alkyl halides is 1. The van der Waals surface area contributed by atoms with E-state index in [2.05, 4.69) is 21.8 Å². The Kier molecular flexibility index (Phi) is 5.30. The Labute approximate surface area is 90.1 Å². The van der Waals surface area contributed by atoms with Gasteiger partial charge in [0.2, 0.25) is 5.95 Å². The van der Waals surface area contributed by atoms with Crippen LogP contribution in [0.5, 0.6) is 0 Å². The number of halogens is 1. The average molecular weight is 214 g/mol. The van der Waals surface area contributed by atoms with Gasteiger partial charge < -0.3 is 4.90 Å². The molecule has 1 rings (SSSR count). The molecule has 0 saturated heterocycles. The summed E-state index contributed by atoms with van der Waals surface area (Å²) in [6, 6.07) is 1.82. The lowest BCUT2D eigenvalue weighted by molar-refractivity contribution is 0.715. The first-order valence-corrected chi connectivity index (χ1v) is 5.50. The highest BCUT2D eigenvalue weighted by molar-refractivity contribution is 6.18. The van der Waals surface area contributed by atoms with Gasteiger partial charge in [0.15, 0.2) is 0 Å². The fourth-order valence-corrected chi connectivity index (χ4v) is 1.42. The second-order valence-corrected chi connectivity index (χ2v) is 3.46. The highest BCUT2D eigenvalue weighted by atomic mass is 35.5. The normalized spacial score (nSPS) is 10.1. The zero-order chi connectivity index (χ0) is 10.2. The third-order valence-electron chi connectivity index (χ3n) is 1.97. The van der Waals surface area contributed by atoms with Crippen LogP contribution in [0, 0.1) is 0 Å². The van der Waals surface area contributed by atoms with Crippen molar-refractivity contribution in [3.05, 3.63) is 18.5 Å². The predicted octanol–water partition coefficient (Wildman–Crippen LogP) is 2.32. The Morgan fingerprint density at radius 2 is 2.00 bits per heavy atom. The molecule has 0 aromatic carbocycles. The van der Waals surface area contributed by atoms with Gasteiger partial charge in [-0.2, -0.15) is 0 Å². The smallest absolute Gasteiger partial charge is 0.225 e. The molecule has 0 aliphatic rings. The van der Waals surface area contributed by atoms with E-state index < -0.39 is 0 Å². The SMILES string of the molecule is CCCCN(CCCl)c1ncccn1. The van der Waals surface area contributed by atoms with Crippen LogP contribution in [0.4, 0.5) is 5.95 Å². The van der Waals surface area contributed by atoms with Crippen LogP contribution in [0.2, 0.25) is 0 Å². The van der Waals surface area contributed by atoms with E-state index in [4.69, 9.17) is 11.6 Å². The fraction of sp³-hybridized carbons (Fsp3) is 0.600. The number of nitrogens with zero attached hydrogens (tertiary/aromatic N) is 3. The Balaban J connectivity index is 2.58. The summed E-state index contributed by atoms with van der Waals surface area (Å²) in [5.74, 6) is 1.39. The minimum atomic E-state index is 0.613. The Hall–Kier alpha value is -0.830. The van der Waals surface area contributed by atoms with Gasteiger partial charge in [0.05, 0.1) is 0 Å². The van der Waals surface area contributed by atoms with Crippen molar-refractivity contribution in [2.45, 2.75) is 19.8 Å². The summed E-state index contributed by atoms with van der Waals surface area (Å²) in [7, 11) is 0. The number of aromatic nitrogens is 2. The fourth-order valence-electron chi connectivity index (χ4n) is 1.22. The van der Waals surface area contributed by atoms with Gasteiger partial charge in [0, 0.05) is 31.4 Å². The molecule has 3 nitrogen and oxygen atoms in total. The first-order chi connectivity index (χ1) is 6.88. The molecule has 0 amide bonds. The number of hydrogen-bond donors (Lipinski definition) is 0. The lowest BCUT2D eigenvalue weighted by Crippen LogP contribution is -2.28. The summed E-state index contributed by atoms with van der Waals surface area (Å²) in [6.45, 7) is 3.96. The van der Waals surface area contributed by atoms with Crippen molar-refractivity contribution in [1.29, 1.82) is 0 Å². The third kappa shape index (κ3) is 3.50. The highest BCUT2D eigenvalue weighted by Gasteiger charge is 2.06. The lowest BCUT2D eigenvalue weighted by atomic mass is 10.3. The van der Waals surface area contributed by atoms with Gasteiger partial charge in [-0.3, -0.25) is 0 Å². The molecule has 0 atom stereocenters. The van der Waals surface area contributed by atoms with Crippen LogP contribution in [-0.2, 0) is 0 Å². The van der Waals surface area contributed by atoms with Crippen molar-refractivity contribution in [3.8, 4) is 0 Å². The van der Waals surface area contributed by atoms with Crippen LogP contribution < -0.4 is 4.90 Å². The quantitative estimate of drug-likeness (QED) is 0.680. The van der Waals surface area contributed by atoms with Crippen molar-refractivity contribution < 1.29 is 0 Å². The summed E-state index contributed by atoms with van der Waals surface area (Å²) in [5.41, 5.74) is 0. The number of rotatable bonds is 6. The molecule has 78 valence electrons. The standard InChI is InChI=1S/C10H16ClN3/c1-2-3-8-14(9-5-11)10-12-6-4-7-13-10/h4,6-7H,2-3,5,8-9H2,1H3. The monoisotopic (exact) mass is 213 g/mol. The minimum absolute atomic E-state index is 0.613. The lowest BCUT2D eigenvalue weighted by Gasteiger charge is -2.20. The van der Waals surface area contributed by atoms with Crippen LogP contribution in [0.1, 0.15) is 19.8 Å². The van der Waals surface area contributed by atoms with Gasteiger partial charge in [-0.1, -0.05) is 13.3 Å². The molecule has 1 heterocycles. The number of unbranched alkanes of at least 4 members (excludes halogenated alkanes) is 1. The topological polar surface area (TPSA) is 29.0 Å². The molecule has 0 saturated carbocycles. The van der Waals surface area contributed by atoms with Gasteiger partial charge in [0.25, 0.3) is 0 Å². The number of hydrogen-bond acceptors (Lipinski definition) is 3.